The van der Waals surface area contributed by atoms with Crippen molar-refractivity contribution in [3.05, 3.63) is 124 Å². The molecule has 194 valence electrons. The molecule has 3 nitrogen and oxygen atoms in total. The van der Waals surface area contributed by atoms with Crippen molar-refractivity contribution in [3.63, 3.8) is 0 Å². The fourth-order valence-electron chi connectivity index (χ4n) is 8.29. The minimum absolute atomic E-state index is 0.0302. The van der Waals surface area contributed by atoms with Gasteiger partial charge in [0.15, 0.2) is 0 Å². The average molecular weight is 529 g/mol. The van der Waals surface area contributed by atoms with Crippen molar-refractivity contribution in [2.24, 2.45) is 11.1 Å². The first-order chi connectivity index (χ1) is 18.9. The Balaban J connectivity index is 0.000000139. The third-order valence-electron chi connectivity index (χ3n) is 9.93. The minimum Gasteiger partial charge on any atom is -0.329 e. The smallest absolute Gasteiger partial charge is 0.136 e. The molecular formula is C35H32N2OS. The number of rotatable bonds is 3. The summed E-state index contributed by atoms with van der Waals surface area (Å²) in [5.41, 5.74) is 13.9. The Bertz CT molecular complexity index is 1770. The predicted octanol–water partition coefficient (Wildman–Crippen LogP) is 7.55. The van der Waals surface area contributed by atoms with Crippen LogP contribution in [-0.4, -0.2) is 17.3 Å². The van der Waals surface area contributed by atoms with Crippen molar-refractivity contribution in [2.75, 3.05) is 6.54 Å². The first kappa shape index (κ1) is 24.4. The van der Waals surface area contributed by atoms with E-state index in [2.05, 4.69) is 108 Å². The second-order valence-electron chi connectivity index (χ2n) is 11.6. The summed E-state index contributed by atoms with van der Waals surface area (Å²) in [6, 6.07) is 32.2. The van der Waals surface area contributed by atoms with E-state index >= 15 is 0 Å². The molecular weight excluding hydrogens is 496 g/mol. The zero-order valence-corrected chi connectivity index (χ0v) is 23.4. The predicted molar refractivity (Wildman–Crippen MR) is 160 cm³/mol. The van der Waals surface area contributed by atoms with Crippen LogP contribution >= 0.6 is 11.3 Å². The molecule has 1 fully saturated rings. The molecule has 3 aliphatic carbocycles. The number of nitrogens with two attached hydrogens (primary N) is 1. The van der Waals surface area contributed by atoms with Crippen LogP contribution in [0.15, 0.2) is 96.4 Å². The molecule has 1 saturated carbocycles. The fraction of sp³-hybridized carbons (Fsp3) is 0.257. The van der Waals surface area contributed by atoms with E-state index in [4.69, 9.17) is 5.73 Å². The Morgan fingerprint density at radius 2 is 1.59 bits per heavy atom. The van der Waals surface area contributed by atoms with Crippen molar-refractivity contribution in [1.82, 2.24) is 4.98 Å². The molecule has 0 saturated heterocycles. The summed E-state index contributed by atoms with van der Waals surface area (Å²) >= 11 is 1.70. The van der Waals surface area contributed by atoms with Crippen LogP contribution in [0.25, 0.3) is 22.0 Å². The van der Waals surface area contributed by atoms with E-state index in [0.717, 1.165) is 17.1 Å². The lowest BCUT2D eigenvalue weighted by atomic mass is 9.31. The molecule has 0 aliphatic heterocycles. The van der Waals surface area contributed by atoms with Crippen LogP contribution in [0.1, 0.15) is 53.4 Å². The Morgan fingerprint density at radius 1 is 0.923 bits per heavy atom. The number of Topliss-reactive ketones (excluding diaryl/α,β-unsaturated/α-hetero) is 1. The van der Waals surface area contributed by atoms with Gasteiger partial charge in [-0.25, -0.2) is 4.98 Å². The SMILES string of the molecule is CC(=O)C1(C)CC23c4ccccc4C2(CN)c2ccccc2C13.Cc1nc(-c2cccc3ccccc23)cs1. The maximum atomic E-state index is 12.4. The highest BCUT2D eigenvalue weighted by Crippen LogP contribution is 2.82. The first-order valence-electron chi connectivity index (χ1n) is 13.7. The highest BCUT2D eigenvalue weighted by molar-refractivity contribution is 7.09. The van der Waals surface area contributed by atoms with E-state index in [0.29, 0.717) is 12.3 Å². The van der Waals surface area contributed by atoms with Crippen LogP contribution in [0.3, 0.4) is 0 Å². The molecule has 4 heteroatoms. The maximum Gasteiger partial charge on any atom is 0.136 e. The molecule has 8 rings (SSSR count). The lowest BCUT2D eigenvalue weighted by molar-refractivity contribution is -0.142. The topological polar surface area (TPSA) is 56.0 Å². The van der Waals surface area contributed by atoms with Crippen molar-refractivity contribution in [2.45, 2.75) is 43.9 Å². The second-order valence-corrected chi connectivity index (χ2v) is 12.6. The molecule has 0 amide bonds. The largest absolute Gasteiger partial charge is 0.329 e. The lowest BCUT2D eigenvalue weighted by Gasteiger charge is -2.70. The van der Waals surface area contributed by atoms with Gasteiger partial charge in [-0.2, -0.15) is 0 Å². The van der Waals surface area contributed by atoms with Gasteiger partial charge in [0.2, 0.25) is 0 Å². The maximum absolute atomic E-state index is 12.4. The third kappa shape index (κ3) is 2.96. The molecule has 39 heavy (non-hydrogen) atoms. The van der Waals surface area contributed by atoms with Gasteiger partial charge in [0, 0.05) is 39.7 Å². The molecule has 5 aromatic rings. The van der Waals surface area contributed by atoms with E-state index in [1.54, 1.807) is 18.3 Å². The molecule has 0 radical (unpaired) electrons. The number of carbonyl (C=O) groups excluding carboxylic acids is 1. The van der Waals surface area contributed by atoms with Gasteiger partial charge in [-0.05, 0) is 53.3 Å². The number of hydrogen-bond acceptors (Lipinski definition) is 4. The number of thiazole rings is 1. The van der Waals surface area contributed by atoms with E-state index < -0.39 is 0 Å². The number of nitrogens with zero attached hydrogens (tertiary/aromatic N) is 1. The first-order valence-corrected chi connectivity index (χ1v) is 14.6. The van der Waals surface area contributed by atoms with E-state index in [1.165, 1.54) is 38.6 Å². The normalized spacial score (nSPS) is 27.1. The number of hydrogen-bond donors (Lipinski definition) is 1. The van der Waals surface area contributed by atoms with Gasteiger partial charge in [-0.1, -0.05) is 97.9 Å². The Morgan fingerprint density at radius 3 is 2.31 bits per heavy atom. The zero-order valence-electron chi connectivity index (χ0n) is 22.6. The summed E-state index contributed by atoms with van der Waals surface area (Å²) < 4.78 is 0. The number of fused-ring (bicyclic) bond motifs is 6. The number of benzene rings is 4. The summed E-state index contributed by atoms with van der Waals surface area (Å²) in [4.78, 5) is 17.0. The van der Waals surface area contributed by atoms with Crippen LogP contribution in [0.5, 0.6) is 0 Å². The van der Waals surface area contributed by atoms with Gasteiger partial charge >= 0.3 is 0 Å². The summed E-state index contributed by atoms with van der Waals surface area (Å²) in [7, 11) is 0. The van der Waals surface area contributed by atoms with Gasteiger partial charge in [-0.15, -0.1) is 11.3 Å². The number of carbonyl (C=O) groups is 1. The summed E-state index contributed by atoms with van der Waals surface area (Å²) in [6.45, 7) is 6.56. The van der Waals surface area contributed by atoms with E-state index in [-0.39, 0.29) is 22.2 Å². The van der Waals surface area contributed by atoms with Crippen LogP contribution in [-0.2, 0) is 15.6 Å². The monoisotopic (exact) mass is 528 g/mol. The highest BCUT2D eigenvalue weighted by Gasteiger charge is 2.81. The van der Waals surface area contributed by atoms with Crippen molar-refractivity contribution < 1.29 is 4.79 Å². The van der Waals surface area contributed by atoms with Gasteiger partial charge < -0.3 is 5.73 Å². The molecule has 2 N–H and O–H groups in total. The van der Waals surface area contributed by atoms with Crippen molar-refractivity contribution >= 4 is 27.9 Å². The molecule has 3 aliphatic rings. The fourth-order valence-corrected chi connectivity index (χ4v) is 8.91. The molecule has 4 aromatic carbocycles. The van der Waals surface area contributed by atoms with Crippen LogP contribution in [0.2, 0.25) is 0 Å². The third-order valence-corrected chi connectivity index (χ3v) is 10.7. The lowest BCUT2D eigenvalue weighted by Crippen LogP contribution is -2.71. The van der Waals surface area contributed by atoms with Gasteiger partial charge in [0.25, 0.3) is 0 Å². The average Bonchev–Trinajstić information content (AvgIpc) is 3.45. The Labute approximate surface area is 233 Å². The Hall–Kier alpha value is -3.60. The second kappa shape index (κ2) is 8.45. The minimum atomic E-state index is -0.263. The Kier molecular flexibility index (Phi) is 5.29. The molecule has 1 spiro atoms. The van der Waals surface area contributed by atoms with Crippen molar-refractivity contribution in [1.29, 1.82) is 0 Å². The summed E-state index contributed by atoms with van der Waals surface area (Å²) in [6.07, 6.45) is 0.920. The number of aromatic nitrogens is 1. The quantitative estimate of drug-likeness (QED) is 0.263. The molecule has 1 heterocycles. The van der Waals surface area contributed by atoms with Crippen LogP contribution < -0.4 is 5.73 Å². The molecule has 4 unspecified atom stereocenters. The van der Waals surface area contributed by atoms with Crippen LogP contribution in [0, 0.1) is 12.3 Å². The number of ketones is 1. The molecule has 4 atom stereocenters. The summed E-state index contributed by atoms with van der Waals surface area (Å²) in [5, 5.41) is 5.78. The molecule has 0 bridgehead atoms. The summed E-state index contributed by atoms with van der Waals surface area (Å²) in [5.74, 6) is 0.572. The van der Waals surface area contributed by atoms with Crippen molar-refractivity contribution in [3.8, 4) is 11.3 Å². The number of aryl methyl sites for hydroxylation is 1. The highest BCUT2D eigenvalue weighted by atomic mass is 32.1. The molecule has 1 aromatic heterocycles. The van der Waals surface area contributed by atoms with Gasteiger partial charge in [-0.3, -0.25) is 4.79 Å². The van der Waals surface area contributed by atoms with Gasteiger partial charge in [0.05, 0.1) is 10.7 Å². The standard InChI is InChI=1S/C21H21NO.C14H11NS/c1-13(23)19(2)11-20-16-9-5-6-10-17(16)21(20,12-22)15-8-4-3-7-14(15)18(19)20;1-10-15-14(9-16-10)13-8-4-6-11-5-2-3-7-12(11)13/h3-10,18H,11-12,22H2,1-2H3;2-9H,1H3. The van der Waals surface area contributed by atoms with E-state index in [1.807, 2.05) is 6.92 Å². The van der Waals surface area contributed by atoms with Crippen LogP contribution in [0.4, 0.5) is 0 Å². The van der Waals surface area contributed by atoms with Gasteiger partial charge in [0.1, 0.15) is 5.78 Å². The zero-order chi connectivity index (χ0) is 27.0. The van der Waals surface area contributed by atoms with E-state index in [9.17, 15) is 4.79 Å².